The fourth-order valence-electron chi connectivity index (χ4n) is 3.54. The van der Waals surface area contributed by atoms with Gasteiger partial charge in [-0.05, 0) is 44.2 Å². The molecule has 2 fully saturated rings. The molecule has 1 atom stereocenters. The number of aryl methyl sites for hydroxylation is 1. The van der Waals surface area contributed by atoms with Crippen molar-refractivity contribution in [2.75, 3.05) is 12.3 Å². The Morgan fingerprint density at radius 1 is 1.29 bits per heavy atom. The van der Waals surface area contributed by atoms with Crippen molar-refractivity contribution >= 4 is 5.69 Å². The van der Waals surface area contributed by atoms with E-state index in [1.807, 2.05) is 6.92 Å². The number of hydrogen-bond donors (Lipinski definition) is 1. The molecule has 1 spiro atoms. The smallest absolute Gasteiger partial charge is 0.167 e. The van der Waals surface area contributed by atoms with E-state index in [-0.39, 0.29) is 17.5 Å². The first-order chi connectivity index (χ1) is 10.1. The minimum absolute atomic E-state index is 0.0837. The number of benzene rings is 1. The lowest BCUT2D eigenvalue weighted by molar-refractivity contribution is -0.0751. The molecule has 0 bridgehead atoms. The van der Waals surface area contributed by atoms with Crippen molar-refractivity contribution in [3.05, 3.63) is 23.5 Å². The molecule has 2 aliphatic rings. The van der Waals surface area contributed by atoms with Crippen molar-refractivity contribution in [2.45, 2.75) is 63.6 Å². The Morgan fingerprint density at radius 2 is 2.05 bits per heavy atom. The summed E-state index contributed by atoms with van der Waals surface area (Å²) in [5, 5.41) is 0. The Kier molecular flexibility index (Phi) is 4.07. The van der Waals surface area contributed by atoms with Gasteiger partial charge in [0.05, 0.1) is 11.7 Å². The molecule has 116 valence electrons. The summed E-state index contributed by atoms with van der Waals surface area (Å²) in [5.41, 5.74) is 7.06. The van der Waals surface area contributed by atoms with E-state index in [0.717, 1.165) is 18.4 Å². The summed E-state index contributed by atoms with van der Waals surface area (Å²) in [4.78, 5) is 0. The molecule has 21 heavy (non-hydrogen) atoms. The topological polar surface area (TPSA) is 44.5 Å². The summed E-state index contributed by atoms with van der Waals surface area (Å²) in [6.07, 6.45) is 8.39. The van der Waals surface area contributed by atoms with E-state index in [4.69, 9.17) is 15.2 Å². The van der Waals surface area contributed by atoms with E-state index in [2.05, 4.69) is 0 Å². The van der Waals surface area contributed by atoms with Gasteiger partial charge in [-0.2, -0.15) is 0 Å². The van der Waals surface area contributed by atoms with E-state index < -0.39 is 5.82 Å². The molecule has 1 aliphatic heterocycles. The quantitative estimate of drug-likeness (QED) is 0.857. The molecule has 2 N–H and O–H groups in total. The van der Waals surface area contributed by atoms with Crippen molar-refractivity contribution < 1.29 is 13.9 Å². The van der Waals surface area contributed by atoms with Crippen LogP contribution in [0.15, 0.2) is 12.1 Å². The van der Waals surface area contributed by atoms with Gasteiger partial charge in [0.15, 0.2) is 11.6 Å². The van der Waals surface area contributed by atoms with Gasteiger partial charge in [0.25, 0.3) is 0 Å². The number of nitrogen functional groups attached to an aromatic ring is 1. The van der Waals surface area contributed by atoms with Crippen LogP contribution in [0.3, 0.4) is 0 Å². The molecule has 0 radical (unpaired) electrons. The lowest BCUT2D eigenvalue weighted by Crippen LogP contribution is -2.32. The summed E-state index contributed by atoms with van der Waals surface area (Å²) >= 11 is 0. The Bertz CT molecular complexity index is 512. The SMILES string of the molecule is Cc1cc(OCC2CCC3(CCCCC3)O2)c(F)cc1N. The third-order valence-corrected chi connectivity index (χ3v) is 4.85. The Labute approximate surface area is 125 Å². The highest BCUT2D eigenvalue weighted by Gasteiger charge is 2.40. The third kappa shape index (κ3) is 3.15. The summed E-state index contributed by atoms with van der Waals surface area (Å²) in [7, 11) is 0. The highest BCUT2D eigenvalue weighted by atomic mass is 19.1. The summed E-state index contributed by atoms with van der Waals surface area (Å²) in [5.74, 6) is -0.127. The molecule has 1 aliphatic carbocycles. The number of rotatable bonds is 3. The van der Waals surface area contributed by atoms with E-state index in [9.17, 15) is 4.39 Å². The van der Waals surface area contributed by atoms with Crippen LogP contribution in [0.2, 0.25) is 0 Å². The Morgan fingerprint density at radius 3 is 2.81 bits per heavy atom. The van der Waals surface area contributed by atoms with E-state index >= 15 is 0 Å². The monoisotopic (exact) mass is 293 g/mol. The average Bonchev–Trinajstić information content (AvgIpc) is 2.85. The minimum atomic E-state index is -0.400. The molecule has 1 saturated carbocycles. The van der Waals surface area contributed by atoms with Gasteiger partial charge < -0.3 is 15.2 Å². The van der Waals surface area contributed by atoms with E-state index in [1.165, 1.54) is 38.2 Å². The number of halogens is 1. The normalized spacial score (nSPS) is 24.4. The van der Waals surface area contributed by atoms with Crippen LogP contribution < -0.4 is 10.5 Å². The van der Waals surface area contributed by atoms with Crippen LogP contribution in [-0.4, -0.2) is 18.3 Å². The van der Waals surface area contributed by atoms with Gasteiger partial charge in [-0.25, -0.2) is 4.39 Å². The number of hydrogen-bond acceptors (Lipinski definition) is 3. The zero-order valence-electron chi connectivity index (χ0n) is 12.7. The van der Waals surface area contributed by atoms with Crippen molar-refractivity contribution in [3.8, 4) is 5.75 Å². The maximum absolute atomic E-state index is 13.8. The van der Waals surface area contributed by atoms with E-state index in [0.29, 0.717) is 12.3 Å². The second-order valence-electron chi connectivity index (χ2n) is 6.47. The van der Waals surface area contributed by atoms with Crippen LogP contribution in [0.1, 0.15) is 50.5 Å². The number of nitrogens with two attached hydrogens (primary N) is 1. The molecule has 3 nitrogen and oxygen atoms in total. The van der Waals surface area contributed by atoms with Crippen LogP contribution in [0, 0.1) is 12.7 Å². The molecule has 0 aromatic heterocycles. The lowest BCUT2D eigenvalue weighted by atomic mass is 9.83. The summed E-state index contributed by atoms with van der Waals surface area (Å²) < 4.78 is 25.7. The lowest BCUT2D eigenvalue weighted by Gasteiger charge is -2.33. The zero-order valence-corrected chi connectivity index (χ0v) is 12.7. The molecule has 1 aromatic carbocycles. The van der Waals surface area contributed by atoms with E-state index in [1.54, 1.807) is 6.07 Å². The molecule has 1 aromatic rings. The van der Waals surface area contributed by atoms with Crippen LogP contribution in [0.5, 0.6) is 5.75 Å². The van der Waals surface area contributed by atoms with Crippen LogP contribution in [0.25, 0.3) is 0 Å². The Hall–Kier alpha value is -1.29. The maximum Gasteiger partial charge on any atom is 0.167 e. The number of anilines is 1. The fourth-order valence-corrected chi connectivity index (χ4v) is 3.54. The molecule has 1 unspecified atom stereocenters. The molecule has 1 heterocycles. The van der Waals surface area contributed by atoms with Gasteiger partial charge in [-0.15, -0.1) is 0 Å². The molecule has 4 heteroatoms. The van der Waals surface area contributed by atoms with Crippen LogP contribution in [0.4, 0.5) is 10.1 Å². The molecule has 3 rings (SSSR count). The van der Waals surface area contributed by atoms with Crippen molar-refractivity contribution in [3.63, 3.8) is 0 Å². The summed E-state index contributed by atoms with van der Waals surface area (Å²) in [6.45, 7) is 2.27. The first-order valence-electron chi connectivity index (χ1n) is 7.94. The fraction of sp³-hybridized carbons (Fsp3) is 0.647. The predicted octanol–water partition coefficient (Wildman–Crippen LogP) is 3.98. The van der Waals surface area contributed by atoms with Crippen molar-refractivity contribution in [2.24, 2.45) is 0 Å². The van der Waals surface area contributed by atoms with Gasteiger partial charge in [0.1, 0.15) is 6.61 Å². The van der Waals surface area contributed by atoms with Gasteiger partial charge in [-0.1, -0.05) is 19.3 Å². The molecule has 1 saturated heterocycles. The third-order valence-electron chi connectivity index (χ3n) is 4.85. The molecule has 0 amide bonds. The zero-order chi connectivity index (χ0) is 14.9. The van der Waals surface area contributed by atoms with Crippen LogP contribution >= 0.6 is 0 Å². The average molecular weight is 293 g/mol. The van der Waals surface area contributed by atoms with Gasteiger partial charge in [-0.3, -0.25) is 0 Å². The second-order valence-corrected chi connectivity index (χ2v) is 6.47. The van der Waals surface area contributed by atoms with Gasteiger partial charge in [0.2, 0.25) is 0 Å². The number of ether oxygens (including phenoxy) is 2. The van der Waals surface area contributed by atoms with Gasteiger partial charge in [0, 0.05) is 11.8 Å². The standard InChI is InChI=1S/C17H24FNO2/c1-12-9-16(14(18)10-15(12)19)20-11-13-5-8-17(21-13)6-3-2-4-7-17/h9-10,13H,2-8,11,19H2,1H3. The van der Waals surface area contributed by atoms with Crippen molar-refractivity contribution in [1.82, 2.24) is 0 Å². The molecular formula is C17H24FNO2. The largest absolute Gasteiger partial charge is 0.488 e. The molecular weight excluding hydrogens is 269 g/mol. The van der Waals surface area contributed by atoms with Crippen molar-refractivity contribution in [1.29, 1.82) is 0 Å². The summed E-state index contributed by atoms with van der Waals surface area (Å²) in [6, 6.07) is 2.98. The first kappa shape index (κ1) is 14.6. The highest BCUT2D eigenvalue weighted by molar-refractivity contribution is 5.50. The first-order valence-corrected chi connectivity index (χ1v) is 7.94. The van der Waals surface area contributed by atoms with Gasteiger partial charge >= 0.3 is 0 Å². The predicted molar refractivity (Wildman–Crippen MR) is 81.0 cm³/mol. The highest BCUT2D eigenvalue weighted by Crippen LogP contribution is 2.42. The van der Waals surface area contributed by atoms with Crippen LogP contribution in [-0.2, 0) is 4.74 Å². The second kappa shape index (κ2) is 5.84. The Balaban J connectivity index is 1.58. The maximum atomic E-state index is 13.8. The minimum Gasteiger partial charge on any atom is -0.488 e.